The Morgan fingerprint density at radius 2 is 2.11 bits per heavy atom. The van der Waals surface area contributed by atoms with Gasteiger partial charge in [0.1, 0.15) is 6.33 Å². The van der Waals surface area contributed by atoms with Gasteiger partial charge in [-0.25, -0.2) is 14.4 Å². The van der Waals surface area contributed by atoms with Crippen molar-refractivity contribution in [3.8, 4) is 0 Å². The average Bonchev–Trinajstić information content (AvgIpc) is 2.29. The summed E-state index contributed by atoms with van der Waals surface area (Å²) in [5.41, 5.74) is -0.0113. The van der Waals surface area contributed by atoms with Crippen LogP contribution in [0, 0.1) is 11.2 Å². The minimum Gasteiger partial charge on any atom is -0.481 e. The lowest BCUT2D eigenvalue weighted by atomic mass is 9.85. The highest BCUT2D eigenvalue weighted by molar-refractivity contribution is 5.68. The maximum absolute atomic E-state index is 14.0. The molecule has 19 heavy (non-hydrogen) atoms. The Morgan fingerprint density at radius 3 is 2.58 bits per heavy atom. The van der Waals surface area contributed by atoms with Gasteiger partial charge in [0.25, 0.3) is 0 Å². The number of carbonyl (C=O) groups is 1. The molecule has 0 saturated carbocycles. The molecule has 0 radical (unpaired) electrons. The fraction of sp³-hybridized carbons (Fsp3) is 0.615. The van der Waals surface area contributed by atoms with Crippen LogP contribution in [-0.4, -0.2) is 27.1 Å². The van der Waals surface area contributed by atoms with Crippen LogP contribution in [0.15, 0.2) is 6.33 Å². The highest BCUT2D eigenvalue weighted by Gasteiger charge is 2.28. The molecule has 0 aliphatic heterocycles. The number of aromatic nitrogens is 2. The number of rotatable bonds is 5. The molecule has 0 fully saturated rings. The van der Waals surface area contributed by atoms with E-state index in [0.29, 0.717) is 12.1 Å². The Labute approximate surface area is 112 Å². The Balaban J connectivity index is 3.00. The second-order valence-electron chi connectivity index (χ2n) is 5.50. The first-order chi connectivity index (χ1) is 8.75. The first kappa shape index (κ1) is 15.3. The van der Waals surface area contributed by atoms with E-state index in [1.807, 2.05) is 20.8 Å². The van der Waals surface area contributed by atoms with Crippen molar-refractivity contribution in [1.82, 2.24) is 9.97 Å². The number of anilines is 1. The van der Waals surface area contributed by atoms with E-state index < -0.39 is 17.8 Å². The van der Waals surface area contributed by atoms with Crippen molar-refractivity contribution in [3.05, 3.63) is 17.8 Å². The lowest BCUT2D eigenvalue weighted by Gasteiger charge is -2.30. The van der Waals surface area contributed by atoms with Gasteiger partial charge in [-0.15, -0.1) is 0 Å². The number of halogens is 1. The molecule has 0 aliphatic carbocycles. The standard InChI is InChI=1S/C13H20FN3O2/c1-5-8-11(14)12(16-7-15-8)17-9(6-10(18)19)13(2,3)4/h7,9H,5-6H2,1-4H3,(H,18,19)(H,15,16,17). The molecule has 1 aromatic rings. The highest BCUT2D eigenvalue weighted by atomic mass is 19.1. The zero-order chi connectivity index (χ0) is 14.6. The second-order valence-corrected chi connectivity index (χ2v) is 5.50. The van der Waals surface area contributed by atoms with E-state index in [4.69, 9.17) is 5.11 Å². The van der Waals surface area contributed by atoms with E-state index in [-0.39, 0.29) is 17.7 Å². The molecule has 1 aromatic heterocycles. The Kier molecular flexibility index (Phi) is 4.80. The van der Waals surface area contributed by atoms with Crippen molar-refractivity contribution in [2.75, 3.05) is 5.32 Å². The molecule has 0 aromatic carbocycles. The third-order valence-corrected chi connectivity index (χ3v) is 2.93. The third-order valence-electron chi connectivity index (χ3n) is 2.93. The van der Waals surface area contributed by atoms with Gasteiger partial charge < -0.3 is 10.4 Å². The van der Waals surface area contributed by atoms with E-state index in [1.54, 1.807) is 6.92 Å². The highest BCUT2D eigenvalue weighted by Crippen LogP contribution is 2.26. The van der Waals surface area contributed by atoms with Gasteiger partial charge in [-0.1, -0.05) is 27.7 Å². The molecule has 5 nitrogen and oxygen atoms in total. The smallest absolute Gasteiger partial charge is 0.305 e. The van der Waals surface area contributed by atoms with Crippen molar-refractivity contribution in [3.63, 3.8) is 0 Å². The minimum absolute atomic E-state index is 0.0630. The fourth-order valence-corrected chi connectivity index (χ4v) is 1.67. The van der Waals surface area contributed by atoms with E-state index in [0.717, 1.165) is 0 Å². The van der Waals surface area contributed by atoms with Gasteiger partial charge in [-0.2, -0.15) is 0 Å². The van der Waals surface area contributed by atoms with Crippen LogP contribution in [0.1, 0.15) is 39.8 Å². The predicted octanol–water partition coefficient (Wildman–Crippen LogP) is 2.48. The van der Waals surface area contributed by atoms with Gasteiger partial charge in [-0.05, 0) is 11.8 Å². The predicted molar refractivity (Wildman–Crippen MR) is 70.5 cm³/mol. The number of hydrogen-bond donors (Lipinski definition) is 2. The molecule has 1 heterocycles. The molecular formula is C13H20FN3O2. The first-order valence-electron chi connectivity index (χ1n) is 6.23. The first-order valence-corrected chi connectivity index (χ1v) is 6.23. The summed E-state index contributed by atoms with van der Waals surface area (Å²) in [7, 11) is 0. The number of aryl methyl sites for hydroxylation is 1. The van der Waals surface area contributed by atoms with Crippen LogP contribution in [0.25, 0.3) is 0 Å². The van der Waals surface area contributed by atoms with Gasteiger partial charge in [0.05, 0.1) is 12.1 Å². The third kappa shape index (κ3) is 4.15. The molecule has 0 spiro atoms. The zero-order valence-electron chi connectivity index (χ0n) is 11.7. The molecule has 1 unspecified atom stereocenters. The second kappa shape index (κ2) is 5.95. The minimum atomic E-state index is -0.933. The van der Waals surface area contributed by atoms with Gasteiger partial charge >= 0.3 is 5.97 Å². The van der Waals surface area contributed by atoms with Crippen LogP contribution in [0.2, 0.25) is 0 Å². The molecular weight excluding hydrogens is 249 g/mol. The molecule has 2 N–H and O–H groups in total. The summed E-state index contributed by atoms with van der Waals surface area (Å²) in [6, 6.07) is -0.417. The van der Waals surface area contributed by atoms with Crippen LogP contribution >= 0.6 is 0 Å². The van der Waals surface area contributed by atoms with Gasteiger partial charge in [0.15, 0.2) is 11.6 Å². The zero-order valence-corrected chi connectivity index (χ0v) is 11.7. The van der Waals surface area contributed by atoms with Crippen molar-refractivity contribution in [2.24, 2.45) is 5.41 Å². The van der Waals surface area contributed by atoms with Crippen molar-refractivity contribution in [2.45, 2.75) is 46.6 Å². The van der Waals surface area contributed by atoms with E-state index in [1.165, 1.54) is 6.33 Å². The lowest BCUT2D eigenvalue weighted by molar-refractivity contribution is -0.137. The Hall–Kier alpha value is -1.72. The number of carboxylic acid groups (broad SMARTS) is 1. The summed E-state index contributed by atoms with van der Waals surface area (Å²) >= 11 is 0. The number of carboxylic acids is 1. The van der Waals surface area contributed by atoms with E-state index in [9.17, 15) is 9.18 Å². The number of aliphatic carboxylic acids is 1. The van der Waals surface area contributed by atoms with Gasteiger partial charge in [-0.3, -0.25) is 4.79 Å². The van der Waals surface area contributed by atoms with Crippen molar-refractivity contribution < 1.29 is 14.3 Å². The van der Waals surface area contributed by atoms with Crippen LogP contribution in [-0.2, 0) is 11.2 Å². The molecule has 1 rings (SSSR count). The largest absolute Gasteiger partial charge is 0.481 e. The lowest BCUT2D eigenvalue weighted by Crippen LogP contribution is -2.36. The average molecular weight is 269 g/mol. The van der Waals surface area contributed by atoms with Crippen LogP contribution in [0.5, 0.6) is 0 Å². The quantitative estimate of drug-likeness (QED) is 0.859. The topological polar surface area (TPSA) is 75.1 Å². The maximum atomic E-state index is 14.0. The van der Waals surface area contributed by atoms with E-state index >= 15 is 0 Å². The maximum Gasteiger partial charge on any atom is 0.305 e. The normalized spacial score (nSPS) is 13.1. The molecule has 1 atom stereocenters. The van der Waals surface area contributed by atoms with Crippen LogP contribution in [0.4, 0.5) is 10.2 Å². The summed E-state index contributed by atoms with van der Waals surface area (Å²) in [5, 5.41) is 11.8. The summed E-state index contributed by atoms with van der Waals surface area (Å²) in [6.45, 7) is 7.49. The van der Waals surface area contributed by atoms with Gasteiger partial charge in [0.2, 0.25) is 0 Å². The summed E-state index contributed by atoms with van der Waals surface area (Å²) in [5.74, 6) is -1.38. The molecule has 0 aliphatic rings. The monoisotopic (exact) mass is 269 g/mol. The molecule has 0 saturated heterocycles. The van der Waals surface area contributed by atoms with Crippen LogP contribution in [0.3, 0.4) is 0 Å². The summed E-state index contributed by atoms with van der Waals surface area (Å²) < 4.78 is 14.0. The van der Waals surface area contributed by atoms with E-state index in [2.05, 4.69) is 15.3 Å². The van der Waals surface area contributed by atoms with Crippen molar-refractivity contribution >= 4 is 11.8 Å². The molecule has 0 bridgehead atoms. The molecule has 6 heteroatoms. The van der Waals surface area contributed by atoms with Crippen LogP contribution < -0.4 is 5.32 Å². The molecule has 106 valence electrons. The number of nitrogens with one attached hydrogen (secondary N) is 1. The number of hydrogen-bond acceptors (Lipinski definition) is 4. The molecule has 0 amide bonds. The SMILES string of the molecule is CCc1ncnc(NC(CC(=O)O)C(C)(C)C)c1F. The summed E-state index contributed by atoms with van der Waals surface area (Å²) in [4.78, 5) is 18.6. The summed E-state index contributed by atoms with van der Waals surface area (Å²) in [6.07, 6.45) is 1.64. The number of nitrogens with zero attached hydrogens (tertiary/aromatic N) is 2. The van der Waals surface area contributed by atoms with Crippen molar-refractivity contribution in [1.29, 1.82) is 0 Å². The Bertz CT molecular complexity index is 458. The van der Waals surface area contributed by atoms with Gasteiger partial charge in [0, 0.05) is 6.04 Å². The Morgan fingerprint density at radius 1 is 1.47 bits per heavy atom. The fourth-order valence-electron chi connectivity index (χ4n) is 1.67.